The van der Waals surface area contributed by atoms with Crippen molar-refractivity contribution in [1.29, 1.82) is 0 Å². The number of hydrogen-bond donors (Lipinski definition) is 0. The lowest BCUT2D eigenvalue weighted by Crippen LogP contribution is -2.46. The molecule has 1 aliphatic rings. The van der Waals surface area contributed by atoms with E-state index < -0.39 is 0 Å². The minimum Gasteiger partial charge on any atom is -0.396 e. The van der Waals surface area contributed by atoms with Crippen molar-refractivity contribution in [2.45, 2.75) is 6.42 Å². The van der Waals surface area contributed by atoms with Gasteiger partial charge in [-0.1, -0.05) is 52.6 Å². The van der Waals surface area contributed by atoms with Crippen LogP contribution < -0.4 is 4.90 Å². The molecule has 0 radical (unpaired) electrons. The monoisotopic (exact) mass is 427 g/mol. The van der Waals surface area contributed by atoms with Gasteiger partial charge < -0.3 is 9.74 Å². The van der Waals surface area contributed by atoms with E-state index in [4.69, 9.17) is 28.0 Å². The zero-order chi connectivity index (χ0) is 18.2. The highest BCUT2D eigenvalue weighted by Crippen LogP contribution is 2.25. The average molecular weight is 429 g/mol. The van der Waals surface area contributed by atoms with E-state index in [1.54, 1.807) is 6.21 Å². The third kappa shape index (κ3) is 6.89. The molecule has 3 rings (SSSR count). The van der Waals surface area contributed by atoms with Crippen LogP contribution in [0.15, 0.2) is 53.7 Å². The lowest BCUT2D eigenvalue weighted by atomic mass is 10.2. The summed E-state index contributed by atoms with van der Waals surface area (Å²) in [6, 6.07) is 15.5. The molecule has 1 heterocycles. The molecule has 0 bridgehead atoms. The minimum atomic E-state index is 0. The van der Waals surface area contributed by atoms with Gasteiger partial charge in [0.1, 0.15) is 6.61 Å². The van der Waals surface area contributed by atoms with Crippen LogP contribution in [-0.4, -0.2) is 50.4 Å². The highest BCUT2D eigenvalue weighted by Gasteiger charge is 2.18. The van der Waals surface area contributed by atoms with Crippen molar-refractivity contribution in [3.8, 4) is 0 Å². The molecular formula is C20H24Cl3N3O. The fourth-order valence-corrected chi connectivity index (χ4v) is 3.35. The third-order valence-corrected chi connectivity index (χ3v) is 4.99. The van der Waals surface area contributed by atoms with Crippen molar-refractivity contribution in [3.05, 3.63) is 64.1 Å². The quantitative estimate of drug-likeness (QED) is 0.354. The summed E-state index contributed by atoms with van der Waals surface area (Å²) in [7, 11) is 0. The number of anilines is 1. The first-order chi connectivity index (χ1) is 12.7. The molecule has 0 saturated carbocycles. The summed E-state index contributed by atoms with van der Waals surface area (Å²) < 4.78 is 0. The number of nitrogens with zero attached hydrogens (tertiary/aromatic N) is 3. The van der Waals surface area contributed by atoms with Gasteiger partial charge in [0, 0.05) is 37.7 Å². The van der Waals surface area contributed by atoms with Gasteiger partial charge >= 0.3 is 0 Å². The van der Waals surface area contributed by atoms with Gasteiger partial charge in [0.15, 0.2) is 0 Å². The second-order valence-corrected chi connectivity index (χ2v) is 7.10. The molecule has 1 aliphatic heterocycles. The Morgan fingerprint density at radius 3 is 2.37 bits per heavy atom. The Bertz CT molecular complexity index is 717. The number of hydrogen-bond acceptors (Lipinski definition) is 4. The number of rotatable bonds is 7. The second-order valence-electron chi connectivity index (χ2n) is 6.25. The first kappa shape index (κ1) is 21.8. The van der Waals surface area contributed by atoms with Crippen LogP contribution in [-0.2, 0) is 4.84 Å². The topological polar surface area (TPSA) is 28.1 Å². The van der Waals surface area contributed by atoms with E-state index in [1.807, 2.05) is 42.5 Å². The smallest absolute Gasteiger partial charge is 0.118 e. The molecule has 7 heteroatoms. The summed E-state index contributed by atoms with van der Waals surface area (Å²) in [5.41, 5.74) is 2.11. The predicted molar refractivity (Wildman–Crippen MR) is 117 cm³/mol. The number of oxime groups is 1. The highest BCUT2D eigenvalue weighted by molar-refractivity contribution is 6.33. The van der Waals surface area contributed by atoms with Crippen molar-refractivity contribution in [2.75, 3.05) is 44.2 Å². The Labute approximate surface area is 177 Å². The molecule has 1 fully saturated rings. The normalized spacial score (nSPS) is 15.0. The second kappa shape index (κ2) is 11.4. The molecule has 27 heavy (non-hydrogen) atoms. The lowest BCUT2D eigenvalue weighted by Gasteiger charge is -2.36. The van der Waals surface area contributed by atoms with Crippen LogP contribution in [0, 0.1) is 0 Å². The van der Waals surface area contributed by atoms with Crippen molar-refractivity contribution in [3.63, 3.8) is 0 Å². The molecule has 0 amide bonds. The number of benzene rings is 2. The van der Waals surface area contributed by atoms with Crippen LogP contribution in [0.3, 0.4) is 0 Å². The Balaban J connectivity index is 0.00000261. The van der Waals surface area contributed by atoms with Gasteiger partial charge in [-0.3, -0.25) is 4.90 Å². The van der Waals surface area contributed by atoms with Crippen LogP contribution in [0.1, 0.15) is 12.0 Å². The molecule has 4 nitrogen and oxygen atoms in total. The summed E-state index contributed by atoms with van der Waals surface area (Å²) in [6.07, 6.45) is 2.67. The minimum absolute atomic E-state index is 0. The van der Waals surface area contributed by atoms with E-state index in [2.05, 4.69) is 21.0 Å². The van der Waals surface area contributed by atoms with E-state index in [-0.39, 0.29) is 12.4 Å². The van der Waals surface area contributed by atoms with Gasteiger partial charge in [-0.15, -0.1) is 12.4 Å². The maximum atomic E-state index is 6.29. The lowest BCUT2D eigenvalue weighted by molar-refractivity contribution is 0.129. The Hall–Kier alpha value is -1.46. The predicted octanol–water partition coefficient (Wildman–Crippen LogP) is 4.98. The van der Waals surface area contributed by atoms with Crippen LogP contribution in [0.5, 0.6) is 0 Å². The first-order valence-electron chi connectivity index (χ1n) is 8.85. The molecule has 2 aromatic carbocycles. The van der Waals surface area contributed by atoms with Gasteiger partial charge in [0.05, 0.1) is 16.9 Å². The average Bonchev–Trinajstić information content (AvgIpc) is 2.67. The maximum absolute atomic E-state index is 6.29. The molecule has 0 spiro atoms. The molecule has 0 N–H and O–H groups in total. The summed E-state index contributed by atoms with van der Waals surface area (Å²) >= 11 is 12.1. The van der Waals surface area contributed by atoms with Crippen LogP contribution >= 0.6 is 35.6 Å². The molecule has 1 saturated heterocycles. The molecule has 0 aromatic heterocycles. The standard InChI is InChI=1S/C20H23Cl2N3O.ClH/c21-18-8-6-17(7-9-18)16-23-26-15-3-10-24-11-13-25(14-12-24)20-5-2-1-4-19(20)22;/h1-2,4-9,16H,3,10-15H2;1H. The van der Waals surface area contributed by atoms with Gasteiger partial charge in [0.2, 0.25) is 0 Å². The summed E-state index contributed by atoms with van der Waals surface area (Å²) in [6.45, 7) is 5.72. The van der Waals surface area contributed by atoms with E-state index in [1.165, 1.54) is 0 Å². The zero-order valence-corrected chi connectivity index (χ0v) is 17.4. The Kier molecular flexibility index (Phi) is 9.22. The van der Waals surface area contributed by atoms with Crippen LogP contribution in [0.25, 0.3) is 0 Å². The Morgan fingerprint density at radius 2 is 1.67 bits per heavy atom. The van der Waals surface area contributed by atoms with E-state index in [0.29, 0.717) is 6.61 Å². The third-order valence-electron chi connectivity index (χ3n) is 4.42. The van der Waals surface area contributed by atoms with Crippen molar-refractivity contribution in [2.24, 2.45) is 5.16 Å². The van der Waals surface area contributed by atoms with E-state index >= 15 is 0 Å². The first-order valence-corrected chi connectivity index (χ1v) is 9.61. The molecule has 146 valence electrons. The SMILES string of the molecule is Cl.Clc1ccc(C=NOCCCN2CCN(c3ccccc3Cl)CC2)cc1. The number of para-hydroxylation sites is 1. The van der Waals surface area contributed by atoms with E-state index in [0.717, 1.165) is 60.4 Å². The fraction of sp³-hybridized carbons (Fsp3) is 0.350. The van der Waals surface area contributed by atoms with Crippen molar-refractivity contribution >= 4 is 47.5 Å². The molecule has 2 aromatic rings. The van der Waals surface area contributed by atoms with Gasteiger partial charge in [-0.2, -0.15) is 0 Å². The Morgan fingerprint density at radius 1 is 0.963 bits per heavy atom. The number of halogens is 3. The number of piperazine rings is 1. The van der Waals surface area contributed by atoms with Crippen molar-refractivity contribution < 1.29 is 4.84 Å². The summed E-state index contributed by atoms with van der Waals surface area (Å²) in [4.78, 5) is 10.2. The van der Waals surface area contributed by atoms with Crippen LogP contribution in [0.2, 0.25) is 10.0 Å². The molecule has 0 atom stereocenters. The van der Waals surface area contributed by atoms with Crippen molar-refractivity contribution in [1.82, 2.24) is 4.90 Å². The van der Waals surface area contributed by atoms with Gasteiger partial charge in [-0.25, -0.2) is 0 Å². The molecular weight excluding hydrogens is 405 g/mol. The molecule has 0 aliphatic carbocycles. The summed E-state index contributed by atoms with van der Waals surface area (Å²) in [5.74, 6) is 0. The largest absolute Gasteiger partial charge is 0.396 e. The van der Waals surface area contributed by atoms with Gasteiger partial charge in [0.25, 0.3) is 0 Å². The highest BCUT2D eigenvalue weighted by atomic mass is 35.5. The maximum Gasteiger partial charge on any atom is 0.118 e. The zero-order valence-electron chi connectivity index (χ0n) is 15.1. The fourth-order valence-electron chi connectivity index (χ4n) is 2.97. The van der Waals surface area contributed by atoms with E-state index in [9.17, 15) is 0 Å². The van der Waals surface area contributed by atoms with Crippen LogP contribution in [0.4, 0.5) is 5.69 Å². The summed E-state index contributed by atoms with van der Waals surface area (Å²) in [5, 5.41) is 5.55. The van der Waals surface area contributed by atoms with Gasteiger partial charge in [-0.05, 0) is 36.2 Å². The molecule has 0 unspecified atom stereocenters.